The molecule has 0 aliphatic heterocycles. The van der Waals surface area contributed by atoms with E-state index >= 15 is 0 Å². The van der Waals surface area contributed by atoms with Crippen molar-refractivity contribution in [3.63, 3.8) is 0 Å². The molecule has 0 saturated heterocycles. The molecule has 1 atom stereocenters. The van der Waals surface area contributed by atoms with Crippen molar-refractivity contribution in [3.05, 3.63) is 22.4 Å². The van der Waals surface area contributed by atoms with Crippen molar-refractivity contribution in [2.75, 3.05) is 18.1 Å². The van der Waals surface area contributed by atoms with Gasteiger partial charge in [-0.25, -0.2) is 0 Å². The van der Waals surface area contributed by atoms with Crippen LogP contribution in [-0.4, -0.2) is 35.0 Å². The second-order valence-electron chi connectivity index (χ2n) is 3.52. The highest BCUT2D eigenvalue weighted by Gasteiger charge is 2.14. The van der Waals surface area contributed by atoms with Crippen LogP contribution in [0.4, 0.5) is 0 Å². The third-order valence-corrected chi connectivity index (χ3v) is 3.85. The number of thioether (sulfide) groups is 1. The largest absolute Gasteiger partial charge is 0.481 e. The van der Waals surface area contributed by atoms with E-state index in [9.17, 15) is 9.59 Å². The predicted molar refractivity (Wildman–Crippen MR) is 70.7 cm³/mol. The highest BCUT2D eigenvalue weighted by Crippen LogP contribution is 2.17. The van der Waals surface area contributed by atoms with E-state index in [4.69, 9.17) is 5.11 Å². The number of nitrogens with one attached hydrogen (secondary N) is 1. The zero-order valence-electron chi connectivity index (χ0n) is 9.51. The fourth-order valence-electron chi connectivity index (χ4n) is 1.23. The third-order valence-electron chi connectivity index (χ3n) is 2.21. The Morgan fingerprint density at radius 1 is 1.59 bits per heavy atom. The van der Waals surface area contributed by atoms with Crippen LogP contribution >= 0.6 is 23.1 Å². The molecule has 4 nitrogen and oxygen atoms in total. The quantitative estimate of drug-likeness (QED) is 0.743. The summed E-state index contributed by atoms with van der Waals surface area (Å²) >= 11 is 2.87. The first kappa shape index (κ1) is 14.1. The molecule has 0 radical (unpaired) electrons. The molecule has 94 valence electrons. The first-order valence-electron chi connectivity index (χ1n) is 5.20. The summed E-state index contributed by atoms with van der Waals surface area (Å²) in [5.41, 5.74) is 1.02. The summed E-state index contributed by atoms with van der Waals surface area (Å²) in [6.45, 7) is 2.37. The predicted octanol–water partition coefficient (Wildman–Crippen LogP) is 1.79. The maximum absolute atomic E-state index is 11.7. The molecule has 1 amide bonds. The lowest BCUT2D eigenvalue weighted by Crippen LogP contribution is -2.29. The molecule has 0 fully saturated rings. The maximum atomic E-state index is 11.7. The first-order chi connectivity index (χ1) is 8.11. The standard InChI is InChI=1S/C11H15NO3S2/c1-8(9-2-4-16-6-9)11(15)12-3-5-17-7-10(13)14/h2,4,6,8H,3,5,7H2,1H3,(H,12,15)(H,13,14). The Labute approximate surface area is 108 Å². The van der Waals surface area contributed by atoms with Crippen LogP contribution in [0.3, 0.4) is 0 Å². The van der Waals surface area contributed by atoms with Crippen LogP contribution in [0.2, 0.25) is 0 Å². The Balaban J connectivity index is 2.19. The number of hydrogen-bond donors (Lipinski definition) is 2. The molecule has 0 spiro atoms. The van der Waals surface area contributed by atoms with E-state index in [1.165, 1.54) is 11.8 Å². The molecule has 1 aromatic rings. The molecule has 2 N–H and O–H groups in total. The van der Waals surface area contributed by atoms with E-state index in [0.717, 1.165) is 5.56 Å². The number of carboxylic acids is 1. The van der Waals surface area contributed by atoms with Crippen LogP contribution in [0, 0.1) is 0 Å². The number of hydrogen-bond acceptors (Lipinski definition) is 4. The van der Waals surface area contributed by atoms with Gasteiger partial charge in [-0.2, -0.15) is 11.3 Å². The summed E-state index contributed by atoms with van der Waals surface area (Å²) in [6, 6.07) is 1.94. The lowest BCUT2D eigenvalue weighted by atomic mass is 10.0. The molecule has 1 aromatic heterocycles. The fraction of sp³-hybridized carbons (Fsp3) is 0.455. The number of aliphatic carboxylic acids is 1. The van der Waals surface area contributed by atoms with Gasteiger partial charge in [0.25, 0.3) is 0 Å². The first-order valence-corrected chi connectivity index (χ1v) is 7.30. The molecular weight excluding hydrogens is 258 g/mol. The van der Waals surface area contributed by atoms with Gasteiger partial charge in [0.1, 0.15) is 0 Å². The van der Waals surface area contributed by atoms with Crippen LogP contribution in [-0.2, 0) is 9.59 Å². The van der Waals surface area contributed by atoms with Crippen molar-refractivity contribution in [1.82, 2.24) is 5.32 Å². The molecule has 1 unspecified atom stereocenters. The van der Waals surface area contributed by atoms with E-state index in [-0.39, 0.29) is 17.6 Å². The molecular formula is C11H15NO3S2. The van der Waals surface area contributed by atoms with Gasteiger partial charge in [-0.05, 0) is 29.3 Å². The summed E-state index contributed by atoms with van der Waals surface area (Å²) in [6.07, 6.45) is 0. The van der Waals surface area contributed by atoms with Gasteiger partial charge in [-0.15, -0.1) is 11.8 Å². The molecule has 1 rings (SSSR count). The molecule has 0 aliphatic rings. The Morgan fingerprint density at radius 2 is 2.35 bits per heavy atom. The van der Waals surface area contributed by atoms with Crippen molar-refractivity contribution in [3.8, 4) is 0 Å². The van der Waals surface area contributed by atoms with Crippen molar-refractivity contribution in [2.24, 2.45) is 0 Å². The number of carboxylic acid groups (broad SMARTS) is 1. The Morgan fingerprint density at radius 3 is 2.94 bits per heavy atom. The Hall–Kier alpha value is -1.01. The third kappa shape index (κ3) is 5.23. The lowest BCUT2D eigenvalue weighted by molar-refractivity contribution is -0.133. The molecule has 0 bridgehead atoms. The van der Waals surface area contributed by atoms with Gasteiger partial charge < -0.3 is 10.4 Å². The van der Waals surface area contributed by atoms with Crippen LogP contribution in [0.1, 0.15) is 18.4 Å². The van der Waals surface area contributed by atoms with Crippen LogP contribution in [0.15, 0.2) is 16.8 Å². The number of carbonyl (C=O) groups is 2. The van der Waals surface area contributed by atoms with E-state index in [1.807, 2.05) is 23.8 Å². The van der Waals surface area contributed by atoms with Crippen molar-refractivity contribution >= 4 is 35.0 Å². The van der Waals surface area contributed by atoms with E-state index in [0.29, 0.717) is 12.3 Å². The minimum atomic E-state index is -0.826. The SMILES string of the molecule is CC(C(=O)NCCSCC(=O)O)c1ccsc1. The summed E-state index contributed by atoms with van der Waals surface area (Å²) in [4.78, 5) is 22.0. The normalized spacial score (nSPS) is 12.1. The Bertz CT molecular complexity index is 365. The van der Waals surface area contributed by atoms with Gasteiger partial charge in [0.05, 0.1) is 11.7 Å². The number of thiophene rings is 1. The summed E-state index contributed by atoms with van der Waals surface area (Å²) < 4.78 is 0. The smallest absolute Gasteiger partial charge is 0.313 e. The topological polar surface area (TPSA) is 66.4 Å². The minimum absolute atomic E-state index is 0.0145. The number of amides is 1. The van der Waals surface area contributed by atoms with Gasteiger partial charge in [-0.3, -0.25) is 9.59 Å². The van der Waals surface area contributed by atoms with E-state index in [1.54, 1.807) is 11.3 Å². The molecule has 1 heterocycles. The summed E-state index contributed by atoms with van der Waals surface area (Å²) in [7, 11) is 0. The maximum Gasteiger partial charge on any atom is 0.313 e. The molecule has 17 heavy (non-hydrogen) atoms. The zero-order valence-corrected chi connectivity index (χ0v) is 11.1. The average Bonchev–Trinajstić information content (AvgIpc) is 2.80. The second-order valence-corrected chi connectivity index (χ2v) is 5.40. The van der Waals surface area contributed by atoms with Crippen molar-refractivity contribution in [2.45, 2.75) is 12.8 Å². The monoisotopic (exact) mass is 273 g/mol. The van der Waals surface area contributed by atoms with Crippen LogP contribution < -0.4 is 5.32 Å². The highest BCUT2D eigenvalue weighted by molar-refractivity contribution is 7.99. The summed E-state index contributed by atoms with van der Waals surface area (Å²) in [5, 5.41) is 15.1. The number of carbonyl (C=O) groups excluding carboxylic acids is 1. The summed E-state index contributed by atoms with van der Waals surface area (Å²) in [5.74, 6) is -0.289. The van der Waals surface area contributed by atoms with E-state index in [2.05, 4.69) is 5.32 Å². The fourth-order valence-corrected chi connectivity index (χ4v) is 2.55. The van der Waals surface area contributed by atoms with Gasteiger partial charge in [0.15, 0.2) is 0 Å². The molecule has 0 aromatic carbocycles. The van der Waals surface area contributed by atoms with Crippen molar-refractivity contribution in [1.29, 1.82) is 0 Å². The lowest BCUT2D eigenvalue weighted by Gasteiger charge is -2.10. The molecule has 6 heteroatoms. The highest BCUT2D eigenvalue weighted by atomic mass is 32.2. The van der Waals surface area contributed by atoms with E-state index < -0.39 is 5.97 Å². The van der Waals surface area contributed by atoms with Gasteiger partial charge >= 0.3 is 5.97 Å². The van der Waals surface area contributed by atoms with Crippen LogP contribution in [0.5, 0.6) is 0 Å². The zero-order chi connectivity index (χ0) is 12.7. The second kappa shape index (κ2) is 7.34. The number of rotatable bonds is 7. The van der Waals surface area contributed by atoms with Crippen molar-refractivity contribution < 1.29 is 14.7 Å². The molecule has 0 aliphatic carbocycles. The van der Waals surface area contributed by atoms with Gasteiger partial charge in [0, 0.05) is 12.3 Å². The van der Waals surface area contributed by atoms with Crippen LogP contribution in [0.25, 0.3) is 0 Å². The van der Waals surface area contributed by atoms with Gasteiger partial charge in [0.2, 0.25) is 5.91 Å². The average molecular weight is 273 g/mol. The van der Waals surface area contributed by atoms with Gasteiger partial charge in [-0.1, -0.05) is 0 Å². The molecule has 0 saturated carbocycles. The Kier molecular flexibility index (Phi) is 6.07. The minimum Gasteiger partial charge on any atom is -0.481 e.